The Labute approximate surface area is 137 Å². The van der Waals surface area contributed by atoms with Gasteiger partial charge in [0.05, 0.1) is 13.7 Å². The van der Waals surface area contributed by atoms with Gasteiger partial charge in [-0.1, -0.05) is 24.3 Å². The van der Waals surface area contributed by atoms with E-state index >= 15 is 0 Å². The van der Waals surface area contributed by atoms with E-state index in [1.807, 2.05) is 56.3 Å². The molecule has 0 aromatic heterocycles. The van der Waals surface area contributed by atoms with E-state index < -0.39 is 0 Å². The van der Waals surface area contributed by atoms with E-state index in [9.17, 15) is 4.79 Å². The third-order valence-electron chi connectivity index (χ3n) is 3.91. The summed E-state index contributed by atoms with van der Waals surface area (Å²) in [7, 11) is 1.66. The molecule has 2 N–H and O–H groups in total. The zero-order chi connectivity index (χ0) is 16.7. The Morgan fingerprint density at radius 3 is 2.52 bits per heavy atom. The molecule has 23 heavy (non-hydrogen) atoms. The van der Waals surface area contributed by atoms with Gasteiger partial charge in [-0.2, -0.15) is 0 Å². The molecule has 2 aromatic rings. The zero-order valence-electron chi connectivity index (χ0n) is 14.0. The van der Waals surface area contributed by atoms with Crippen LogP contribution in [0.4, 0.5) is 5.69 Å². The number of anilines is 1. The maximum Gasteiger partial charge on any atom is 0.238 e. The Morgan fingerprint density at radius 1 is 1.09 bits per heavy atom. The van der Waals surface area contributed by atoms with Crippen LogP contribution in [0.3, 0.4) is 0 Å². The van der Waals surface area contributed by atoms with E-state index in [1.54, 1.807) is 7.11 Å². The summed E-state index contributed by atoms with van der Waals surface area (Å²) in [5.74, 6) is 0.836. The van der Waals surface area contributed by atoms with Gasteiger partial charge in [0.1, 0.15) is 5.75 Å². The van der Waals surface area contributed by atoms with Crippen LogP contribution in [0.2, 0.25) is 0 Å². The lowest BCUT2D eigenvalue weighted by atomic mass is 10.1. The van der Waals surface area contributed by atoms with E-state index in [-0.39, 0.29) is 5.91 Å². The van der Waals surface area contributed by atoms with Crippen molar-refractivity contribution < 1.29 is 9.53 Å². The van der Waals surface area contributed by atoms with Gasteiger partial charge < -0.3 is 15.4 Å². The van der Waals surface area contributed by atoms with Gasteiger partial charge in [0.25, 0.3) is 0 Å². The summed E-state index contributed by atoms with van der Waals surface area (Å²) in [4.78, 5) is 12.0. The summed E-state index contributed by atoms with van der Waals surface area (Å²) < 4.78 is 5.13. The number of ether oxygens (including phenoxy) is 1. The number of rotatable bonds is 7. The van der Waals surface area contributed by atoms with Gasteiger partial charge in [-0.25, -0.2) is 0 Å². The largest absolute Gasteiger partial charge is 0.497 e. The van der Waals surface area contributed by atoms with Crippen molar-refractivity contribution in [2.45, 2.75) is 20.3 Å². The highest BCUT2D eigenvalue weighted by Crippen LogP contribution is 2.17. The smallest absolute Gasteiger partial charge is 0.238 e. The summed E-state index contributed by atoms with van der Waals surface area (Å²) in [5, 5.41) is 6.12. The Bertz CT molecular complexity index is 651. The highest BCUT2D eigenvalue weighted by atomic mass is 16.5. The van der Waals surface area contributed by atoms with Crippen molar-refractivity contribution in [2.24, 2.45) is 0 Å². The van der Waals surface area contributed by atoms with Gasteiger partial charge in [0.2, 0.25) is 5.91 Å². The van der Waals surface area contributed by atoms with Gasteiger partial charge in [-0.15, -0.1) is 0 Å². The van der Waals surface area contributed by atoms with E-state index in [4.69, 9.17) is 4.74 Å². The minimum atomic E-state index is -0.0200. The second-order valence-electron chi connectivity index (χ2n) is 5.57. The number of nitrogens with one attached hydrogen (secondary N) is 2. The summed E-state index contributed by atoms with van der Waals surface area (Å²) in [6.45, 7) is 5.12. The second-order valence-corrected chi connectivity index (χ2v) is 5.57. The van der Waals surface area contributed by atoms with Crippen LogP contribution in [-0.4, -0.2) is 26.1 Å². The maximum absolute atomic E-state index is 12.0. The third kappa shape index (κ3) is 5.11. The molecule has 0 saturated carbocycles. The van der Waals surface area contributed by atoms with Gasteiger partial charge in [-0.05, 0) is 61.7 Å². The minimum absolute atomic E-state index is 0.0200. The van der Waals surface area contributed by atoms with Crippen LogP contribution < -0.4 is 15.4 Å². The lowest BCUT2D eigenvalue weighted by Gasteiger charge is -2.11. The zero-order valence-corrected chi connectivity index (χ0v) is 14.0. The molecule has 0 unspecified atom stereocenters. The molecule has 0 heterocycles. The fourth-order valence-corrected chi connectivity index (χ4v) is 2.31. The average molecular weight is 312 g/mol. The van der Waals surface area contributed by atoms with Crippen LogP contribution in [0.25, 0.3) is 0 Å². The van der Waals surface area contributed by atoms with Crippen molar-refractivity contribution in [3.05, 3.63) is 59.2 Å². The Kier molecular flexibility index (Phi) is 6.18. The first-order chi connectivity index (χ1) is 11.1. The van der Waals surface area contributed by atoms with Crippen LogP contribution in [0.1, 0.15) is 16.7 Å². The number of carbonyl (C=O) groups is 1. The third-order valence-corrected chi connectivity index (χ3v) is 3.91. The first-order valence-electron chi connectivity index (χ1n) is 7.80. The SMILES string of the molecule is COc1ccc(CCNCC(=O)Nc2cccc(C)c2C)cc1. The number of aryl methyl sites for hydroxylation is 1. The molecule has 2 rings (SSSR count). The Hall–Kier alpha value is -2.33. The van der Waals surface area contributed by atoms with Crippen molar-refractivity contribution in [3.63, 3.8) is 0 Å². The quantitative estimate of drug-likeness (QED) is 0.773. The minimum Gasteiger partial charge on any atom is -0.497 e. The van der Waals surface area contributed by atoms with Crippen LogP contribution in [0.5, 0.6) is 5.75 Å². The molecule has 4 heteroatoms. The number of methoxy groups -OCH3 is 1. The molecule has 0 radical (unpaired) electrons. The fraction of sp³-hybridized carbons (Fsp3) is 0.316. The van der Waals surface area contributed by atoms with E-state index in [0.717, 1.165) is 30.0 Å². The van der Waals surface area contributed by atoms with Crippen LogP contribution >= 0.6 is 0 Å². The monoisotopic (exact) mass is 312 g/mol. The van der Waals surface area contributed by atoms with Crippen LogP contribution in [0.15, 0.2) is 42.5 Å². The Morgan fingerprint density at radius 2 is 1.83 bits per heavy atom. The van der Waals surface area contributed by atoms with E-state index in [2.05, 4.69) is 10.6 Å². The highest BCUT2D eigenvalue weighted by molar-refractivity contribution is 5.93. The van der Waals surface area contributed by atoms with Gasteiger partial charge in [0, 0.05) is 5.69 Å². The lowest BCUT2D eigenvalue weighted by molar-refractivity contribution is -0.115. The molecule has 0 atom stereocenters. The van der Waals surface area contributed by atoms with Crippen molar-refractivity contribution in [1.82, 2.24) is 5.32 Å². The van der Waals surface area contributed by atoms with Crippen LogP contribution in [-0.2, 0) is 11.2 Å². The number of carbonyl (C=O) groups excluding carboxylic acids is 1. The molecule has 122 valence electrons. The first kappa shape index (κ1) is 17.0. The molecule has 0 aliphatic rings. The molecular formula is C19H24N2O2. The molecule has 0 fully saturated rings. The number of benzene rings is 2. The molecule has 4 nitrogen and oxygen atoms in total. The van der Waals surface area contributed by atoms with Gasteiger partial charge >= 0.3 is 0 Å². The maximum atomic E-state index is 12.0. The molecular weight excluding hydrogens is 288 g/mol. The number of amides is 1. The van der Waals surface area contributed by atoms with Gasteiger partial charge in [0.15, 0.2) is 0 Å². The van der Waals surface area contributed by atoms with E-state index in [1.165, 1.54) is 11.1 Å². The molecule has 0 aliphatic carbocycles. The molecule has 0 saturated heterocycles. The highest BCUT2D eigenvalue weighted by Gasteiger charge is 2.05. The van der Waals surface area contributed by atoms with Gasteiger partial charge in [-0.3, -0.25) is 4.79 Å². The average Bonchev–Trinajstić information content (AvgIpc) is 2.56. The molecule has 0 bridgehead atoms. The predicted octanol–water partition coefficient (Wildman–Crippen LogP) is 3.08. The Balaban J connectivity index is 1.73. The van der Waals surface area contributed by atoms with Crippen molar-refractivity contribution >= 4 is 11.6 Å². The normalized spacial score (nSPS) is 10.4. The standard InChI is InChI=1S/C19H24N2O2/c1-14-5-4-6-18(15(14)2)21-19(22)13-20-12-11-16-7-9-17(23-3)10-8-16/h4-10,20H,11-13H2,1-3H3,(H,21,22). The first-order valence-corrected chi connectivity index (χ1v) is 7.80. The molecule has 2 aromatic carbocycles. The number of hydrogen-bond acceptors (Lipinski definition) is 3. The predicted molar refractivity (Wildman–Crippen MR) is 94.1 cm³/mol. The summed E-state index contributed by atoms with van der Waals surface area (Å²) in [6.07, 6.45) is 0.876. The van der Waals surface area contributed by atoms with Crippen molar-refractivity contribution in [1.29, 1.82) is 0 Å². The van der Waals surface area contributed by atoms with Crippen molar-refractivity contribution in [2.75, 3.05) is 25.5 Å². The molecule has 1 amide bonds. The summed E-state index contributed by atoms with van der Waals surface area (Å²) in [5.41, 5.74) is 4.38. The summed E-state index contributed by atoms with van der Waals surface area (Å²) in [6, 6.07) is 13.9. The lowest BCUT2D eigenvalue weighted by Crippen LogP contribution is -2.29. The van der Waals surface area contributed by atoms with E-state index in [0.29, 0.717) is 6.54 Å². The molecule has 0 spiro atoms. The fourth-order valence-electron chi connectivity index (χ4n) is 2.31. The molecule has 0 aliphatic heterocycles. The van der Waals surface area contributed by atoms with Crippen LogP contribution in [0, 0.1) is 13.8 Å². The topological polar surface area (TPSA) is 50.4 Å². The van der Waals surface area contributed by atoms with Crippen molar-refractivity contribution in [3.8, 4) is 5.75 Å². The summed E-state index contributed by atoms with van der Waals surface area (Å²) >= 11 is 0. The number of hydrogen-bond donors (Lipinski definition) is 2. The second kappa shape index (κ2) is 8.34.